The molecule has 0 saturated heterocycles. The van der Waals surface area contributed by atoms with Gasteiger partial charge in [-0.2, -0.15) is 4.98 Å². The van der Waals surface area contributed by atoms with Gasteiger partial charge in [-0.15, -0.1) is 0 Å². The van der Waals surface area contributed by atoms with E-state index in [2.05, 4.69) is 25.9 Å². The first-order valence-corrected chi connectivity index (χ1v) is 12.4. The number of fused-ring (bicyclic) bond motifs is 1. The lowest BCUT2D eigenvalue weighted by Gasteiger charge is -2.27. The Morgan fingerprint density at radius 2 is 2.08 bits per heavy atom. The first-order valence-electron chi connectivity index (χ1n) is 12.0. The molecule has 1 unspecified atom stereocenters. The zero-order valence-electron chi connectivity index (χ0n) is 21.5. The van der Waals surface area contributed by atoms with Crippen LogP contribution in [0.25, 0.3) is 11.1 Å². The molecule has 2 heterocycles. The van der Waals surface area contributed by atoms with Crippen molar-refractivity contribution in [1.29, 1.82) is 0 Å². The molecular formula is C27H29ClFN7O2. The standard InChI is InChI=1S/C27H29ClFN7O2/c1-5-31-12-17(11-30)13-32-25(37)22-16(4)33-26(35-23(22)18-7-6-14(2)10-19(18)28)36-27-34-21-9-8-20(29)15(3)24(21)38-27/h6-12,23H,5,13,30H2,1-4H3,(H,32,37)(H2,33,34,35,36). The zero-order chi connectivity index (χ0) is 27.4. The summed E-state index contributed by atoms with van der Waals surface area (Å²) in [6.07, 6.45) is 3.03. The van der Waals surface area contributed by atoms with Crippen LogP contribution in [0.4, 0.5) is 10.4 Å². The molecule has 4 rings (SSSR count). The second-order valence-electron chi connectivity index (χ2n) is 8.79. The van der Waals surface area contributed by atoms with Crippen LogP contribution >= 0.6 is 11.6 Å². The van der Waals surface area contributed by atoms with Gasteiger partial charge in [0, 0.05) is 52.9 Å². The molecule has 1 aromatic heterocycles. The number of anilines is 1. The number of aryl methyl sites for hydroxylation is 2. The van der Waals surface area contributed by atoms with E-state index in [9.17, 15) is 9.18 Å². The van der Waals surface area contributed by atoms with Gasteiger partial charge in [0.25, 0.3) is 5.91 Å². The van der Waals surface area contributed by atoms with Gasteiger partial charge in [-0.3, -0.25) is 15.1 Å². The fourth-order valence-electron chi connectivity index (χ4n) is 4.00. The number of aromatic nitrogens is 1. The summed E-state index contributed by atoms with van der Waals surface area (Å²) in [6, 6.07) is 7.85. The Morgan fingerprint density at radius 1 is 1.29 bits per heavy atom. The van der Waals surface area contributed by atoms with Crippen molar-refractivity contribution in [2.75, 3.05) is 18.4 Å². The van der Waals surface area contributed by atoms with Crippen molar-refractivity contribution >= 4 is 46.8 Å². The smallest absolute Gasteiger partial charge is 0.302 e. The number of hydrogen-bond acceptors (Lipinski definition) is 8. The van der Waals surface area contributed by atoms with Gasteiger partial charge in [0.05, 0.1) is 5.57 Å². The number of hydrogen-bond donors (Lipinski definition) is 4. The quantitative estimate of drug-likeness (QED) is 0.324. The number of amides is 1. The molecule has 1 amide bonds. The van der Waals surface area contributed by atoms with Crippen molar-refractivity contribution in [3.05, 3.63) is 80.9 Å². The fourth-order valence-corrected chi connectivity index (χ4v) is 4.34. The van der Waals surface area contributed by atoms with E-state index in [-0.39, 0.29) is 24.3 Å². The van der Waals surface area contributed by atoms with E-state index in [1.807, 2.05) is 32.0 Å². The molecular weight excluding hydrogens is 509 g/mol. The van der Waals surface area contributed by atoms with Crippen LogP contribution in [0, 0.1) is 19.7 Å². The van der Waals surface area contributed by atoms with Crippen LogP contribution in [0.1, 0.15) is 36.6 Å². The van der Waals surface area contributed by atoms with Gasteiger partial charge in [0.15, 0.2) is 5.58 Å². The van der Waals surface area contributed by atoms with Crippen molar-refractivity contribution in [3.8, 4) is 0 Å². The van der Waals surface area contributed by atoms with Crippen LogP contribution in [-0.4, -0.2) is 36.2 Å². The number of carbonyl (C=O) groups is 1. The third-order valence-electron chi connectivity index (χ3n) is 6.01. The summed E-state index contributed by atoms with van der Waals surface area (Å²) < 4.78 is 19.7. The molecule has 0 spiro atoms. The van der Waals surface area contributed by atoms with Crippen LogP contribution in [-0.2, 0) is 4.79 Å². The summed E-state index contributed by atoms with van der Waals surface area (Å²) in [5, 5.41) is 9.48. The summed E-state index contributed by atoms with van der Waals surface area (Å²) in [5.74, 6) is -0.426. The number of rotatable bonds is 7. The molecule has 0 aliphatic carbocycles. The first kappa shape index (κ1) is 26.9. The summed E-state index contributed by atoms with van der Waals surface area (Å²) in [4.78, 5) is 26.7. The summed E-state index contributed by atoms with van der Waals surface area (Å²) >= 11 is 6.61. The molecule has 198 valence electrons. The highest BCUT2D eigenvalue weighted by Crippen LogP contribution is 2.35. The van der Waals surface area contributed by atoms with Gasteiger partial charge < -0.3 is 20.8 Å². The van der Waals surface area contributed by atoms with Crippen LogP contribution in [0.15, 0.2) is 67.8 Å². The average Bonchev–Trinajstić information content (AvgIpc) is 3.29. The number of carbonyl (C=O) groups excluding carboxylic acids is 1. The minimum Gasteiger partial charge on any atom is -0.423 e. The summed E-state index contributed by atoms with van der Waals surface area (Å²) in [7, 11) is 0. The molecule has 1 aliphatic rings. The number of nitrogens with zero attached hydrogens (tertiary/aromatic N) is 3. The summed E-state index contributed by atoms with van der Waals surface area (Å²) in [6.45, 7) is 8.02. The van der Waals surface area contributed by atoms with Crippen molar-refractivity contribution in [1.82, 2.24) is 15.6 Å². The topological polar surface area (TPSA) is 130 Å². The van der Waals surface area contributed by atoms with E-state index >= 15 is 0 Å². The number of benzene rings is 2. The highest BCUT2D eigenvalue weighted by atomic mass is 35.5. The minimum atomic E-state index is -0.731. The number of halogens is 2. The Balaban J connectivity index is 1.66. The van der Waals surface area contributed by atoms with E-state index in [1.54, 1.807) is 26.1 Å². The van der Waals surface area contributed by atoms with Gasteiger partial charge in [0.1, 0.15) is 17.4 Å². The second-order valence-corrected chi connectivity index (χ2v) is 9.19. The van der Waals surface area contributed by atoms with Crippen LogP contribution in [0.2, 0.25) is 5.02 Å². The number of allylic oxidation sites excluding steroid dienone is 1. The number of aliphatic imine (C=N–C) groups is 2. The molecule has 0 fully saturated rings. The molecule has 38 heavy (non-hydrogen) atoms. The third-order valence-corrected chi connectivity index (χ3v) is 6.34. The molecule has 0 saturated carbocycles. The maximum atomic E-state index is 14.0. The van der Waals surface area contributed by atoms with Gasteiger partial charge in [-0.1, -0.05) is 23.7 Å². The van der Waals surface area contributed by atoms with E-state index in [1.165, 1.54) is 12.3 Å². The molecule has 11 heteroatoms. The van der Waals surface area contributed by atoms with E-state index in [0.717, 1.165) is 5.56 Å². The van der Waals surface area contributed by atoms with Crippen LogP contribution < -0.4 is 21.7 Å². The Labute approximate surface area is 224 Å². The maximum absolute atomic E-state index is 14.0. The largest absolute Gasteiger partial charge is 0.423 e. The summed E-state index contributed by atoms with van der Waals surface area (Å²) in [5.41, 5.74) is 10.1. The van der Waals surface area contributed by atoms with Gasteiger partial charge >= 0.3 is 6.01 Å². The highest BCUT2D eigenvalue weighted by molar-refractivity contribution is 6.31. The Hall–Kier alpha value is -4.18. The predicted octanol–water partition coefficient (Wildman–Crippen LogP) is 4.67. The number of nitrogens with one attached hydrogen (secondary N) is 3. The molecule has 3 aromatic rings. The van der Waals surface area contributed by atoms with Crippen molar-refractivity contribution < 1.29 is 13.6 Å². The fraction of sp³-hybridized carbons (Fsp3) is 0.259. The molecule has 0 radical (unpaired) electrons. The van der Waals surface area contributed by atoms with Gasteiger partial charge in [-0.05, 0) is 51.5 Å². The molecule has 5 N–H and O–H groups in total. The first-order chi connectivity index (χ1) is 18.2. The maximum Gasteiger partial charge on any atom is 0.302 e. The third kappa shape index (κ3) is 5.70. The van der Waals surface area contributed by atoms with Crippen molar-refractivity contribution in [2.45, 2.75) is 33.7 Å². The van der Waals surface area contributed by atoms with Gasteiger partial charge in [-0.25, -0.2) is 9.38 Å². The Bertz CT molecular complexity index is 1510. The molecule has 0 bridgehead atoms. The van der Waals surface area contributed by atoms with Crippen LogP contribution in [0.5, 0.6) is 0 Å². The highest BCUT2D eigenvalue weighted by Gasteiger charge is 2.31. The molecule has 9 nitrogen and oxygen atoms in total. The van der Waals surface area contributed by atoms with E-state index < -0.39 is 6.04 Å². The Morgan fingerprint density at radius 3 is 2.79 bits per heavy atom. The zero-order valence-corrected chi connectivity index (χ0v) is 22.3. The van der Waals surface area contributed by atoms with Crippen molar-refractivity contribution in [3.63, 3.8) is 0 Å². The monoisotopic (exact) mass is 537 g/mol. The Kier molecular flexibility index (Phi) is 8.11. The lowest BCUT2D eigenvalue weighted by Crippen LogP contribution is -2.39. The van der Waals surface area contributed by atoms with Gasteiger partial charge in [0.2, 0.25) is 5.96 Å². The molecule has 2 aromatic carbocycles. The predicted molar refractivity (Wildman–Crippen MR) is 149 cm³/mol. The minimum absolute atomic E-state index is 0.127. The lowest BCUT2D eigenvalue weighted by atomic mass is 9.95. The second kappa shape index (κ2) is 11.5. The molecule has 1 aliphatic heterocycles. The van der Waals surface area contributed by atoms with Crippen molar-refractivity contribution in [2.24, 2.45) is 15.7 Å². The number of oxazole rings is 1. The average molecular weight is 538 g/mol. The van der Waals surface area contributed by atoms with E-state index in [0.29, 0.717) is 56.6 Å². The van der Waals surface area contributed by atoms with E-state index in [4.69, 9.17) is 26.7 Å². The number of guanidine groups is 1. The lowest BCUT2D eigenvalue weighted by molar-refractivity contribution is -0.117. The SMILES string of the molecule is CCN=CC(=CN)CNC(=O)C1=C(C)NC(Nc2nc3ccc(F)c(C)c3o2)=NC1c1ccc(C)cc1Cl. The normalized spacial score (nSPS) is 16.1. The number of nitrogens with two attached hydrogens (primary N) is 1. The molecule has 1 atom stereocenters. The van der Waals surface area contributed by atoms with Crippen LogP contribution in [0.3, 0.4) is 0 Å².